The van der Waals surface area contributed by atoms with E-state index >= 15 is 0 Å². The lowest BCUT2D eigenvalue weighted by Gasteiger charge is -2.37. The number of urea groups is 1. The molecule has 0 heterocycles. The topological polar surface area (TPSA) is 67.5 Å². The third-order valence-corrected chi connectivity index (χ3v) is 4.51. The summed E-state index contributed by atoms with van der Waals surface area (Å²) in [4.78, 5) is 10.7. The van der Waals surface area contributed by atoms with Crippen LogP contribution in [0.4, 0.5) is 4.79 Å². The second-order valence-corrected chi connectivity index (χ2v) is 5.76. The molecule has 4 heteroatoms. The highest BCUT2D eigenvalue weighted by Crippen LogP contribution is 2.50. The average molecular weight is 221 g/mol. The molecule has 4 fully saturated rings. The van der Waals surface area contributed by atoms with E-state index in [0.717, 1.165) is 24.2 Å². The Kier molecular flexibility index (Phi) is 2.37. The van der Waals surface area contributed by atoms with E-state index in [1.165, 1.54) is 37.8 Å². The first-order valence-electron chi connectivity index (χ1n) is 6.32. The van der Waals surface area contributed by atoms with E-state index in [-0.39, 0.29) is 0 Å². The molecule has 0 spiro atoms. The number of nitrogens with zero attached hydrogens (tertiary/aromatic N) is 1. The molecule has 88 valence electrons. The Morgan fingerprint density at radius 3 is 2.38 bits per heavy atom. The molecule has 4 nitrogen and oxygen atoms in total. The van der Waals surface area contributed by atoms with Crippen molar-refractivity contribution < 1.29 is 4.79 Å². The van der Waals surface area contributed by atoms with Crippen molar-refractivity contribution in [3.05, 3.63) is 0 Å². The maximum Gasteiger partial charge on any atom is 0.332 e. The van der Waals surface area contributed by atoms with Crippen molar-refractivity contribution in [2.24, 2.45) is 34.5 Å². The van der Waals surface area contributed by atoms with Crippen LogP contribution in [0.2, 0.25) is 0 Å². The summed E-state index contributed by atoms with van der Waals surface area (Å²) in [7, 11) is 0. The molecule has 0 aromatic carbocycles. The Hall–Kier alpha value is -1.06. The fraction of sp³-hybridized carbons (Fsp3) is 0.833. The van der Waals surface area contributed by atoms with Gasteiger partial charge in [-0.2, -0.15) is 5.10 Å². The zero-order valence-electron chi connectivity index (χ0n) is 9.48. The molecule has 2 atom stereocenters. The van der Waals surface area contributed by atoms with Gasteiger partial charge in [-0.05, 0) is 62.2 Å². The van der Waals surface area contributed by atoms with Crippen LogP contribution in [0.15, 0.2) is 5.10 Å². The Balaban J connectivity index is 1.81. The molecule has 0 aliphatic heterocycles. The number of fused-ring (bicyclic) bond motifs is 1. The van der Waals surface area contributed by atoms with Crippen molar-refractivity contribution in [2.45, 2.75) is 38.5 Å². The van der Waals surface area contributed by atoms with E-state index in [1.54, 1.807) is 0 Å². The van der Waals surface area contributed by atoms with Gasteiger partial charge in [0.15, 0.2) is 0 Å². The standard InChI is InChI=1S/C12H19N3O/c13-12(16)15-14-11-6-9-2-7-1-8(3-9)5-10(11)4-7/h7-10H,1-6H2,(H3,13,15,16)/b14-11-. The van der Waals surface area contributed by atoms with Gasteiger partial charge in [0.1, 0.15) is 0 Å². The number of amides is 2. The Bertz CT molecular complexity index is 325. The molecule has 16 heavy (non-hydrogen) atoms. The van der Waals surface area contributed by atoms with Gasteiger partial charge in [0.2, 0.25) is 0 Å². The largest absolute Gasteiger partial charge is 0.350 e. The van der Waals surface area contributed by atoms with Crippen molar-refractivity contribution in [3.63, 3.8) is 0 Å². The van der Waals surface area contributed by atoms with Crippen molar-refractivity contribution in [2.75, 3.05) is 0 Å². The molecule has 2 unspecified atom stereocenters. The first-order chi connectivity index (χ1) is 7.70. The van der Waals surface area contributed by atoms with Crippen LogP contribution in [0, 0.1) is 23.7 Å². The van der Waals surface area contributed by atoms with Crippen LogP contribution >= 0.6 is 0 Å². The molecule has 0 saturated heterocycles. The lowest BCUT2D eigenvalue weighted by atomic mass is 9.68. The van der Waals surface area contributed by atoms with E-state index in [2.05, 4.69) is 10.5 Å². The zero-order chi connectivity index (χ0) is 11.1. The molecule has 2 amide bonds. The number of carbonyl (C=O) groups is 1. The van der Waals surface area contributed by atoms with Crippen molar-refractivity contribution >= 4 is 11.7 Å². The van der Waals surface area contributed by atoms with E-state index in [9.17, 15) is 4.79 Å². The van der Waals surface area contributed by atoms with E-state index in [4.69, 9.17) is 5.73 Å². The maximum atomic E-state index is 10.7. The highest BCUT2D eigenvalue weighted by Gasteiger charge is 2.42. The number of nitrogens with two attached hydrogens (primary N) is 1. The van der Waals surface area contributed by atoms with Gasteiger partial charge in [-0.15, -0.1) is 0 Å². The summed E-state index contributed by atoms with van der Waals surface area (Å²) < 4.78 is 0. The van der Waals surface area contributed by atoms with Gasteiger partial charge in [0, 0.05) is 5.71 Å². The maximum absolute atomic E-state index is 10.7. The fourth-order valence-corrected chi connectivity index (χ4v) is 4.15. The van der Waals surface area contributed by atoms with Gasteiger partial charge in [0.25, 0.3) is 0 Å². The molecule has 4 bridgehead atoms. The summed E-state index contributed by atoms with van der Waals surface area (Å²) in [6.07, 6.45) is 7.84. The number of carbonyl (C=O) groups excluding carboxylic acids is 1. The molecular formula is C12H19N3O. The predicted octanol–water partition coefficient (Wildman–Crippen LogP) is 1.86. The number of primary amides is 1. The fourth-order valence-electron chi connectivity index (χ4n) is 4.15. The summed E-state index contributed by atoms with van der Waals surface area (Å²) in [5.41, 5.74) is 8.68. The number of hydrogen-bond acceptors (Lipinski definition) is 2. The third-order valence-electron chi connectivity index (χ3n) is 4.51. The Morgan fingerprint density at radius 2 is 1.75 bits per heavy atom. The normalized spacial score (nSPS) is 43.4. The van der Waals surface area contributed by atoms with Crippen molar-refractivity contribution in [1.29, 1.82) is 0 Å². The number of hydrogen-bond donors (Lipinski definition) is 2. The first-order valence-corrected chi connectivity index (χ1v) is 6.32. The van der Waals surface area contributed by atoms with Crippen molar-refractivity contribution in [3.8, 4) is 0 Å². The first kappa shape index (κ1) is 10.1. The molecule has 0 radical (unpaired) electrons. The third kappa shape index (κ3) is 1.81. The quantitative estimate of drug-likeness (QED) is 0.652. The van der Waals surface area contributed by atoms with Crippen LogP contribution in [0.25, 0.3) is 0 Å². The minimum absolute atomic E-state index is 0.545. The van der Waals surface area contributed by atoms with E-state index < -0.39 is 6.03 Å². The number of nitrogens with one attached hydrogen (secondary N) is 1. The molecule has 4 aliphatic carbocycles. The Labute approximate surface area is 95.7 Å². The minimum Gasteiger partial charge on any atom is -0.350 e. The van der Waals surface area contributed by atoms with Crippen LogP contribution in [0.5, 0.6) is 0 Å². The summed E-state index contributed by atoms with van der Waals surface area (Å²) in [6, 6.07) is -0.545. The summed E-state index contributed by atoms with van der Waals surface area (Å²) in [6.45, 7) is 0. The second-order valence-electron chi connectivity index (χ2n) is 5.76. The van der Waals surface area contributed by atoms with Crippen molar-refractivity contribution in [1.82, 2.24) is 5.43 Å². The molecule has 0 aromatic rings. The molecule has 0 aromatic heterocycles. The highest BCUT2D eigenvalue weighted by atomic mass is 16.2. The van der Waals surface area contributed by atoms with Crippen LogP contribution in [0.1, 0.15) is 38.5 Å². The SMILES string of the molecule is NC(=O)N/N=C1/CC2CC3CC(C2)CC1C3. The smallest absolute Gasteiger partial charge is 0.332 e. The van der Waals surface area contributed by atoms with E-state index in [0.29, 0.717) is 5.92 Å². The van der Waals surface area contributed by atoms with Gasteiger partial charge in [-0.1, -0.05) is 0 Å². The number of rotatable bonds is 1. The minimum atomic E-state index is -0.545. The monoisotopic (exact) mass is 221 g/mol. The van der Waals surface area contributed by atoms with Gasteiger partial charge < -0.3 is 5.73 Å². The van der Waals surface area contributed by atoms with Gasteiger partial charge in [0.05, 0.1) is 0 Å². The Morgan fingerprint density at radius 1 is 1.12 bits per heavy atom. The zero-order valence-corrected chi connectivity index (χ0v) is 9.48. The van der Waals surface area contributed by atoms with Crippen LogP contribution in [-0.4, -0.2) is 11.7 Å². The van der Waals surface area contributed by atoms with E-state index in [1.807, 2.05) is 0 Å². The molecule has 4 saturated carbocycles. The number of hydrazone groups is 1. The van der Waals surface area contributed by atoms with Gasteiger partial charge in [-0.3, -0.25) is 0 Å². The molecule has 3 N–H and O–H groups in total. The predicted molar refractivity (Wildman–Crippen MR) is 61.8 cm³/mol. The summed E-state index contributed by atoms with van der Waals surface area (Å²) in [5, 5.41) is 4.23. The lowest BCUT2D eigenvalue weighted by molar-refractivity contribution is 0.139. The average Bonchev–Trinajstić information content (AvgIpc) is 2.39. The molecule has 4 rings (SSSR count). The molecular weight excluding hydrogens is 202 g/mol. The molecule has 4 aliphatic rings. The summed E-state index contributed by atoms with van der Waals surface area (Å²) in [5.74, 6) is 3.26. The van der Waals surface area contributed by atoms with Crippen LogP contribution < -0.4 is 11.2 Å². The van der Waals surface area contributed by atoms with Gasteiger partial charge >= 0.3 is 6.03 Å². The summed E-state index contributed by atoms with van der Waals surface area (Å²) >= 11 is 0. The second kappa shape index (κ2) is 3.75. The van der Waals surface area contributed by atoms with Gasteiger partial charge in [-0.25, -0.2) is 10.2 Å². The van der Waals surface area contributed by atoms with Crippen LogP contribution in [0.3, 0.4) is 0 Å². The van der Waals surface area contributed by atoms with Crippen LogP contribution in [-0.2, 0) is 0 Å². The lowest BCUT2D eigenvalue weighted by Crippen LogP contribution is -2.30. The highest BCUT2D eigenvalue weighted by molar-refractivity contribution is 5.88.